The first-order chi connectivity index (χ1) is 8.04. The fraction of sp³-hybridized carbons (Fsp3) is 0.462. The molecule has 1 unspecified atom stereocenters. The molecule has 17 heavy (non-hydrogen) atoms. The summed E-state index contributed by atoms with van der Waals surface area (Å²) in [5.41, 5.74) is 2.20. The van der Waals surface area contributed by atoms with Crippen molar-refractivity contribution in [3.8, 4) is 5.75 Å². The molecule has 0 radical (unpaired) electrons. The smallest absolute Gasteiger partial charge is 0.235 e. The highest BCUT2D eigenvalue weighted by atomic mass is 35.5. The summed E-state index contributed by atoms with van der Waals surface area (Å²) in [6.07, 6.45) is 0. The van der Waals surface area contributed by atoms with Crippen LogP contribution in [0.2, 0.25) is 0 Å². The normalized spacial score (nSPS) is 12.0. The summed E-state index contributed by atoms with van der Waals surface area (Å²) in [4.78, 5) is 11.1. The number of aryl methyl sites for hydroxylation is 2. The summed E-state index contributed by atoms with van der Waals surface area (Å²) >= 11 is 5.41. The number of amides is 1. The Morgan fingerprint density at radius 1 is 1.41 bits per heavy atom. The maximum atomic E-state index is 11.1. The zero-order valence-electron chi connectivity index (χ0n) is 10.4. The maximum absolute atomic E-state index is 11.1. The van der Waals surface area contributed by atoms with E-state index in [-0.39, 0.29) is 17.8 Å². The predicted molar refractivity (Wildman–Crippen MR) is 69.7 cm³/mol. The summed E-state index contributed by atoms with van der Waals surface area (Å²) in [6.45, 7) is 6.33. The van der Waals surface area contributed by atoms with Gasteiger partial charge >= 0.3 is 0 Å². The minimum absolute atomic E-state index is 0.0201. The minimum Gasteiger partial charge on any atom is -0.491 e. The molecule has 94 valence electrons. The lowest BCUT2D eigenvalue weighted by Gasteiger charge is -2.17. The number of halogens is 1. The molecule has 0 aliphatic rings. The quantitative estimate of drug-likeness (QED) is 0.821. The number of hydrogen-bond donors (Lipinski definition) is 1. The number of para-hydroxylation sites is 1. The molecular formula is C13H18ClNO2. The highest BCUT2D eigenvalue weighted by molar-refractivity contribution is 6.27. The summed E-state index contributed by atoms with van der Waals surface area (Å²) in [6, 6.07) is 5.95. The standard InChI is InChI=1S/C13H18ClNO2/c1-9-5-4-6-10(2)13(9)17-8-11(3)15-12(16)7-14/h4-6,11H,7-8H2,1-3H3,(H,15,16). The molecule has 1 aromatic carbocycles. The van der Waals surface area contributed by atoms with Crippen LogP contribution in [0, 0.1) is 13.8 Å². The second kappa shape index (κ2) is 6.50. The van der Waals surface area contributed by atoms with E-state index in [2.05, 4.69) is 5.32 Å². The lowest BCUT2D eigenvalue weighted by atomic mass is 10.1. The first-order valence-corrected chi connectivity index (χ1v) is 6.12. The van der Waals surface area contributed by atoms with Crippen molar-refractivity contribution in [1.29, 1.82) is 0 Å². The Bertz CT molecular complexity index is 373. The van der Waals surface area contributed by atoms with Gasteiger partial charge in [-0.25, -0.2) is 0 Å². The number of benzene rings is 1. The Morgan fingerprint density at radius 3 is 2.53 bits per heavy atom. The molecule has 0 aromatic heterocycles. The first kappa shape index (κ1) is 13.8. The number of ether oxygens (including phenoxy) is 1. The highest BCUT2D eigenvalue weighted by Crippen LogP contribution is 2.22. The van der Waals surface area contributed by atoms with Gasteiger partial charge in [0.05, 0.1) is 6.04 Å². The summed E-state index contributed by atoms with van der Waals surface area (Å²) in [7, 11) is 0. The van der Waals surface area contributed by atoms with Crippen LogP contribution in [0.4, 0.5) is 0 Å². The van der Waals surface area contributed by atoms with Crippen LogP contribution in [0.5, 0.6) is 5.75 Å². The molecule has 1 amide bonds. The molecular weight excluding hydrogens is 238 g/mol. The van der Waals surface area contributed by atoms with Crippen molar-refractivity contribution in [2.45, 2.75) is 26.8 Å². The van der Waals surface area contributed by atoms with Gasteiger partial charge < -0.3 is 10.1 Å². The third-order valence-electron chi connectivity index (χ3n) is 2.42. The van der Waals surface area contributed by atoms with Crippen molar-refractivity contribution in [2.24, 2.45) is 0 Å². The van der Waals surface area contributed by atoms with Crippen molar-refractivity contribution < 1.29 is 9.53 Å². The largest absolute Gasteiger partial charge is 0.491 e. The van der Waals surface area contributed by atoms with Crippen molar-refractivity contribution in [3.05, 3.63) is 29.3 Å². The molecule has 0 aliphatic heterocycles. The Kier molecular flexibility index (Phi) is 5.29. The van der Waals surface area contributed by atoms with Gasteiger partial charge in [-0.1, -0.05) is 18.2 Å². The predicted octanol–water partition coefficient (Wildman–Crippen LogP) is 2.43. The lowest BCUT2D eigenvalue weighted by molar-refractivity contribution is -0.119. The van der Waals surface area contributed by atoms with E-state index in [9.17, 15) is 4.79 Å². The molecule has 4 heteroatoms. The van der Waals surface area contributed by atoms with Gasteiger partial charge in [0.2, 0.25) is 5.91 Å². The van der Waals surface area contributed by atoms with Gasteiger partial charge in [0.25, 0.3) is 0 Å². The number of carbonyl (C=O) groups is 1. The summed E-state index contributed by atoms with van der Waals surface area (Å²) in [5.74, 6) is 0.692. The van der Waals surface area contributed by atoms with E-state index >= 15 is 0 Å². The number of carbonyl (C=O) groups excluding carboxylic acids is 1. The van der Waals surface area contributed by atoms with Gasteiger partial charge in [-0.05, 0) is 31.9 Å². The fourth-order valence-corrected chi connectivity index (χ4v) is 1.67. The fourth-order valence-electron chi connectivity index (χ4n) is 1.59. The van der Waals surface area contributed by atoms with Crippen LogP contribution in [0.3, 0.4) is 0 Å². The second-order valence-electron chi connectivity index (χ2n) is 4.13. The van der Waals surface area contributed by atoms with Gasteiger partial charge in [0.1, 0.15) is 18.2 Å². The Balaban J connectivity index is 2.53. The van der Waals surface area contributed by atoms with Crippen LogP contribution in [0.15, 0.2) is 18.2 Å². The summed E-state index contributed by atoms with van der Waals surface area (Å²) < 4.78 is 5.72. The topological polar surface area (TPSA) is 38.3 Å². The third kappa shape index (κ3) is 4.27. The van der Waals surface area contributed by atoms with Gasteiger partial charge in [0.15, 0.2) is 0 Å². The van der Waals surface area contributed by atoms with E-state index in [1.54, 1.807) is 0 Å². The molecule has 1 atom stereocenters. The van der Waals surface area contributed by atoms with E-state index in [0.29, 0.717) is 6.61 Å². The zero-order chi connectivity index (χ0) is 12.8. The Hall–Kier alpha value is -1.22. The van der Waals surface area contributed by atoms with Gasteiger partial charge in [-0.15, -0.1) is 11.6 Å². The molecule has 0 spiro atoms. The molecule has 1 rings (SSSR count). The van der Waals surface area contributed by atoms with E-state index in [0.717, 1.165) is 16.9 Å². The van der Waals surface area contributed by atoms with Crippen LogP contribution in [-0.2, 0) is 4.79 Å². The first-order valence-electron chi connectivity index (χ1n) is 5.59. The zero-order valence-corrected chi connectivity index (χ0v) is 11.2. The average Bonchev–Trinajstić information content (AvgIpc) is 2.28. The maximum Gasteiger partial charge on any atom is 0.235 e. The van der Waals surface area contributed by atoms with E-state index in [1.807, 2.05) is 39.0 Å². The minimum atomic E-state index is -0.177. The molecule has 3 nitrogen and oxygen atoms in total. The van der Waals surface area contributed by atoms with Crippen molar-refractivity contribution >= 4 is 17.5 Å². The van der Waals surface area contributed by atoms with E-state index < -0.39 is 0 Å². The van der Waals surface area contributed by atoms with Gasteiger partial charge in [0, 0.05) is 0 Å². The second-order valence-corrected chi connectivity index (χ2v) is 4.40. The summed E-state index contributed by atoms with van der Waals surface area (Å²) in [5, 5.41) is 2.74. The van der Waals surface area contributed by atoms with Crippen LogP contribution < -0.4 is 10.1 Å². The van der Waals surface area contributed by atoms with Crippen LogP contribution in [0.25, 0.3) is 0 Å². The van der Waals surface area contributed by atoms with Crippen molar-refractivity contribution in [1.82, 2.24) is 5.32 Å². The molecule has 1 N–H and O–H groups in total. The number of rotatable bonds is 5. The van der Waals surface area contributed by atoms with E-state index in [4.69, 9.17) is 16.3 Å². The number of hydrogen-bond acceptors (Lipinski definition) is 2. The molecule has 0 aliphatic carbocycles. The average molecular weight is 256 g/mol. The highest BCUT2D eigenvalue weighted by Gasteiger charge is 2.09. The van der Waals surface area contributed by atoms with Crippen LogP contribution >= 0.6 is 11.6 Å². The molecule has 0 fully saturated rings. The Labute approximate surface area is 107 Å². The van der Waals surface area contributed by atoms with E-state index in [1.165, 1.54) is 0 Å². The molecule has 0 bridgehead atoms. The number of nitrogens with one attached hydrogen (secondary N) is 1. The molecule has 0 saturated heterocycles. The third-order valence-corrected chi connectivity index (χ3v) is 2.66. The van der Waals surface area contributed by atoms with Crippen molar-refractivity contribution in [3.63, 3.8) is 0 Å². The van der Waals surface area contributed by atoms with Crippen molar-refractivity contribution in [2.75, 3.05) is 12.5 Å². The lowest BCUT2D eigenvalue weighted by Crippen LogP contribution is -2.37. The number of alkyl halides is 1. The Morgan fingerprint density at radius 2 is 2.00 bits per heavy atom. The van der Waals surface area contributed by atoms with Crippen LogP contribution in [0.1, 0.15) is 18.1 Å². The van der Waals surface area contributed by atoms with Gasteiger partial charge in [-0.3, -0.25) is 4.79 Å². The monoisotopic (exact) mass is 255 g/mol. The molecule has 0 saturated carbocycles. The van der Waals surface area contributed by atoms with Gasteiger partial charge in [-0.2, -0.15) is 0 Å². The molecule has 0 heterocycles. The molecule has 1 aromatic rings. The van der Waals surface area contributed by atoms with Crippen LogP contribution in [-0.4, -0.2) is 24.4 Å². The SMILES string of the molecule is Cc1cccc(C)c1OCC(C)NC(=O)CCl.